The van der Waals surface area contributed by atoms with Gasteiger partial charge in [-0.1, -0.05) is 11.6 Å². The molecule has 0 radical (unpaired) electrons. The fraction of sp³-hybridized carbons (Fsp3) is 0.308. The molecular formula is C52H53ClF4N16O8. The third kappa shape index (κ3) is 13.5. The lowest BCUT2D eigenvalue weighted by atomic mass is 10.2. The molecule has 29 heteroatoms. The van der Waals surface area contributed by atoms with E-state index in [0.717, 1.165) is 9.13 Å². The van der Waals surface area contributed by atoms with Gasteiger partial charge in [0.25, 0.3) is 22.9 Å². The first-order chi connectivity index (χ1) is 38.2. The third-order valence-electron chi connectivity index (χ3n) is 11.6. The molecule has 10 rings (SSSR count). The molecule has 0 aromatic carbocycles. The lowest BCUT2D eigenvalue weighted by molar-refractivity contribution is 0.0577. The van der Waals surface area contributed by atoms with E-state index in [0.29, 0.717) is 6.42 Å². The maximum atomic E-state index is 14.4. The van der Waals surface area contributed by atoms with E-state index < -0.39 is 82.4 Å². The predicted octanol–water partition coefficient (Wildman–Crippen LogP) is 6.92. The number of fused-ring (bicyclic) bond motifs is 2. The first kappa shape index (κ1) is 57.7. The Morgan fingerprint density at radius 3 is 1.58 bits per heavy atom. The molecule has 2 aliphatic rings. The number of aromatic nitrogens is 10. The highest BCUT2D eigenvalue weighted by Crippen LogP contribution is 2.30. The monoisotopic (exact) mass is 1140 g/mol. The Hall–Kier alpha value is -9.47. The summed E-state index contributed by atoms with van der Waals surface area (Å²) in [5.41, 5.74) is 3.30. The van der Waals surface area contributed by atoms with Crippen molar-refractivity contribution in [1.82, 2.24) is 58.9 Å². The molecule has 424 valence electrons. The minimum atomic E-state index is -1.12. The Kier molecular flexibility index (Phi) is 16.4. The van der Waals surface area contributed by atoms with Gasteiger partial charge in [-0.15, -0.1) is 0 Å². The predicted molar refractivity (Wildman–Crippen MR) is 289 cm³/mol. The molecule has 8 aromatic heterocycles. The van der Waals surface area contributed by atoms with Crippen LogP contribution in [0, 0.1) is 11.6 Å². The summed E-state index contributed by atoms with van der Waals surface area (Å²) in [4.78, 5) is 93.9. The van der Waals surface area contributed by atoms with Crippen LogP contribution in [0.15, 0.2) is 107 Å². The number of nitrogen functional groups attached to an aromatic ring is 1. The highest BCUT2D eigenvalue weighted by molar-refractivity contribution is 6.30. The maximum Gasteiger partial charge on any atom is 0.415 e. The zero-order chi connectivity index (χ0) is 58.8. The van der Waals surface area contributed by atoms with Crippen LogP contribution in [0.25, 0.3) is 22.9 Å². The summed E-state index contributed by atoms with van der Waals surface area (Å²) in [6.45, 7) is 10.4. The fourth-order valence-corrected chi connectivity index (χ4v) is 7.55. The quantitative estimate of drug-likeness (QED) is 0.0799. The molecule has 8 aromatic rings. The SMILES string of the molecule is CN(C(=O)OC(C)(C)C)c1cc(Cl)nc2c(C(=O)N[C@@H]3C[C@@H]3F)cnn12.CN(C(=O)OC(C)(C)C)c1cc(Nc2cccn(-c3ncccc3F)c2=O)nc2c(C(=O)N[C@@H]3C[C@@H]3F)cnn12.Nc1cccn(-c2ncccc2F)c1=O. The summed E-state index contributed by atoms with van der Waals surface area (Å²) in [6, 6.07) is 13.1. The first-order valence-corrected chi connectivity index (χ1v) is 25.0. The van der Waals surface area contributed by atoms with E-state index in [9.17, 15) is 46.3 Å². The van der Waals surface area contributed by atoms with Gasteiger partial charge >= 0.3 is 12.2 Å². The minimum Gasteiger partial charge on any atom is -0.443 e. The number of nitrogens with one attached hydrogen (secondary N) is 3. The molecule has 4 amide bonds. The number of hydrogen-bond donors (Lipinski definition) is 4. The molecule has 8 heterocycles. The van der Waals surface area contributed by atoms with Crippen LogP contribution in [0.5, 0.6) is 0 Å². The van der Waals surface area contributed by atoms with Gasteiger partial charge in [-0.25, -0.2) is 47.1 Å². The standard InChI is InChI=1S/C26H26F2N8O4.C16H19ClFN5O3.C10H8FN3O/c1-26(2,3)40-25(39)34(4)20-12-19(33-21-14(13-30-36(20)21)23(37)32-18-11-16(18)28)31-17-8-6-10-35(24(17)38)22-15(27)7-5-9-29-22;1-16(2,3)26-15(25)22(4)12-6-11(17)21-13-8(7-19-23(12)13)14(24)20-10-5-9(10)18;11-7-3-1-5-13-9(7)14-6-2-4-8(12)10(14)15/h5-10,12-13,16,18H,11H2,1-4H3,(H,31,33)(H,32,37);6-7,9-10H,5H2,1-4H3,(H,20,24);1-6H,12H2/t16-,18+;9-,10+;/m00./s1. The third-order valence-corrected chi connectivity index (χ3v) is 11.8. The maximum absolute atomic E-state index is 14.4. The molecule has 24 nitrogen and oxygen atoms in total. The Balaban J connectivity index is 0.000000178. The van der Waals surface area contributed by atoms with Crippen molar-refractivity contribution < 1.29 is 46.2 Å². The summed E-state index contributed by atoms with van der Waals surface area (Å²) in [6.07, 6.45) is 5.17. The van der Waals surface area contributed by atoms with Crippen molar-refractivity contribution in [1.29, 1.82) is 0 Å². The summed E-state index contributed by atoms with van der Waals surface area (Å²) >= 11 is 6.06. The molecule has 2 fully saturated rings. The number of rotatable bonds is 10. The second-order valence-corrected chi connectivity index (χ2v) is 20.6. The molecule has 0 bridgehead atoms. The molecule has 0 aliphatic heterocycles. The number of anilines is 5. The first-order valence-electron chi connectivity index (χ1n) is 24.6. The normalized spacial score (nSPS) is 16.2. The van der Waals surface area contributed by atoms with Crippen LogP contribution in [-0.2, 0) is 9.47 Å². The van der Waals surface area contributed by atoms with E-state index >= 15 is 0 Å². The Morgan fingerprint density at radius 1 is 0.679 bits per heavy atom. The van der Waals surface area contributed by atoms with Crippen molar-refractivity contribution in [3.05, 3.63) is 146 Å². The van der Waals surface area contributed by atoms with Gasteiger partial charge in [0.05, 0.1) is 30.2 Å². The molecular weight excluding hydrogens is 1090 g/mol. The van der Waals surface area contributed by atoms with Crippen LogP contribution in [0.2, 0.25) is 5.15 Å². The van der Waals surface area contributed by atoms with E-state index in [1.165, 1.54) is 125 Å². The van der Waals surface area contributed by atoms with E-state index in [4.69, 9.17) is 26.8 Å². The zero-order valence-electron chi connectivity index (χ0n) is 44.6. The van der Waals surface area contributed by atoms with Gasteiger partial charge in [-0.3, -0.25) is 38.1 Å². The van der Waals surface area contributed by atoms with Crippen LogP contribution in [0.1, 0.15) is 75.1 Å². The van der Waals surface area contributed by atoms with Gasteiger partial charge in [0, 0.05) is 63.9 Å². The fourth-order valence-electron chi connectivity index (χ4n) is 7.38. The summed E-state index contributed by atoms with van der Waals surface area (Å²) in [5.74, 6) is -2.08. The molecule has 0 unspecified atom stereocenters. The average Bonchev–Trinajstić information content (AvgIpc) is 4.13. The highest BCUT2D eigenvalue weighted by atomic mass is 35.5. The van der Waals surface area contributed by atoms with Crippen LogP contribution in [-0.4, -0.2) is 122 Å². The topological polar surface area (TPSA) is 285 Å². The number of pyridine rings is 4. The smallest absolute Gasteiger partial charge is 0.415 e. The van der Waals surface area contributed by atoms with E-state index in [1.54, 1.807) is 47.6 Å². The number of ether oxygens (including phenoxy) is 2. The average molecular weight is 1140 g/mol. The molecule has 4 atom stereocenters. The van der Waals surface area contributed by atoms with Crippen LogP contribution >= 0.6 is 11.6 Å². The number of amides is 4. The highest BCUT2D eigenvalue weighted by Gasteiger charge is 2.40. The van der Waals surface area contributed by atoms with Crippen molar-refractivity contribution in [3.63, 3.8) is 0 Å². The number of hydrogen-bond acceptors (Lipinski definition) is 16. The molecule has 2 aliphatic carbocycles. The second-order valence-electron chi connectivity index (χ2n) is 20.2. The van der Waals surface area contributed by atoms with E-state index in [2.05, 4.69) is 46.1 Å². The van der Waals surface area contributed by atoms with Crippen molar-refractivity contribution in [2.75, 3.05) is 34.9 Å². The van der Waals surface area contributed by atoms with Gasteiger partial charge in [0.2, 0.25) is 0 Å². The van der Waals surface area contributed by atoms with Crippen molar-refractivity contribution in [2.45, 2.75) is 90.0 Å². The van der Waals surface area contributed by atoms with Crippen LogP contribution < -0.4 is 42.6 Å². The zero-order valence-corrected chi connectivity index (χ0v) is 45.3. The summed E-state index contributed by atoms with van der Waals surface area (Å²) in [5, 5.41) is 16.4. The van der Waals surface area contributed by atoms with Gasteiger partial charge in [-0.05, 0) is 90.1 Å². The van der Waals surface area contributed by atoms with Crippen LogP contribution in [0.4, 0.5) is 56.0 Å². The van der Waals surface area contributed by atoms with Crippen molar-refractivity contribution in [2.24, 2.45) is 0 Å². The Morgan fingerprint density at radius 2 is 1.12 bits per heavy atom. The minimum absolute atomic E-state index is 0.0130. The number of carbonyl (C=O) groups excluding carboxylic acids is 4. The number of carbonyl (C=O) groups is 4. The number of nitrogens with zero attached hydrogens (tertiary/aromatic N) is 12. The van der Waals surface area contributed by atoms with Gasteiger partial charge in [0.15, 0.2) is 34.6 Å². The number of halogens is 5. The lowest BCUT2D eigenvalue weighted by Gasteiger charge is -2.25. The van der Waals surface area contributed by atoms with Crippen molar-refractivity contribution >= 4 is 75.7 Å². The van der Waals surface area contributed by atoms with Crippen molar-refractivity contribution in [3.8, 4) is 11.6 Å². The molecule has 5 N–H and O–H groups in total. The number of alkyl halides is 2. The van der Waals surface area contributed by atoms with Crippen LogP contribution in [0.3, 0.4) is 0 Å². The molecule has 2 saturated carbocycles. The molecule has 0 saturated heterocycles. The number of nitrogens with two attached hydrogens (primary N) is 1. The van der Waals surface area contributed by atoms with Gasteiger partial charge in [-0.2, -0.15) is 19.2 Å². The van der Waals surface area contributed by atoms with E-state index in [-0.39, 0.29) is 74.5 Å². The Bertz CT molecular complexity index is 3840. The summed E-state index contributed by atoms with van der Waals surface area (Å²) in [7, 11) is 2.95. The molecule has 0 spiro atoms. The van der Waals surface area contributed by atoms with Gasteiger partial charge < -0.3 is 31.2 Å². The lowest BCUT2D eigenvalue weighted by Crippen LogP contribution is -2.35. The molecule has 81 heavy (non-hydrogen) atoms. The Labute approximate surface area is 462 Å². The second kappa shape index (κ2) is 23.1. The van der Waals surface area contributed by atoms with Gasteiger partial charge in [0.1, 0.15) is 63.0 Å². The largest absolute Gasteiger partial charge is 0.443 e. The van der Waals surface area contributed by atoms with E-state index in [1.807, 2.05) is 0 Å². The summed E-state index contributed by atoms with van der Waals surface area (Å²) < 4.78 is 69.6.